The molecule has 23 heavy (non-hydrogen) atoms. The fourth-order valence-corrected chi connectivity index (χ4v) is 3.22. The minimum Gasteiger partial charge on any atom is -0.323 e. The van der Waals surface area contributed by atoms with Crippen molar-refractivity contribution in [2.45, 2.75) is 19.5 Å². The summed E-state index contributed by atoms with van der Waals surface area (Å²) in [6.07, 6.45) is 3.80. The monoisotopic (exact) mass is 308 g/mol. The molecule has 3 aromatic rings. The lowest BCUT2D eigenvalue weighted by Gasteiger charge is -2.37. The summed E-state index contributed by atoms with van der Waals surface area (Å²) in [5.41, 5.74) is 4.26. The first-order valence-electron chi connectivity index (χ1n) is 7.97. The predicted molar refractivity (Wildman–Crippen MR) is 88.9 cm³/mol. The van der Waals surface area contributed by atoms with Crippen LogP contribution in [0.1, 0.15) is 13.0 Å². The molecule has 0 unspecified atom stereocenters. The van der Waals surface area contributed by atoms with Crippen LogP contribution in [0, 0.1) is 0 Å². The molecule has 0 saturated carbocycles. The van der Waals surface area contributed by atoms with Crippen molar-refractivity contribution >= 4 is 0 Å². The Morgan fingerprint density at radius 1 is 1.17 bits per heavy atom. The number of benzene rings is 1. The number of hydrogen-bond acceptors (Lipinski definition) is 4. The highest BCUT2D eigenvalue weighted by Crippen LogP contribution is 2.34. The maximum Gasteiger partial charge on any atom is 0.107 e. The molecular formula is C17H20N6. The van der Waals surface area contributed by atoms with Crippen molar-refractivity contribution < 1.29 is 0 Å². The normalized spacial score (nSPS) is 15.7. The lowest BCUT2D eigenvalue weighted by atomic mass is 10.1. The van der Waals surface area contributed by atoms with E-state index in [1.807, 2.05) is 35.4 Å². The molecule has 6 heteroatoms. The summed E-state index contributed by atoms with van der Waals surface area (Å²) in [5.74, 6) is 0. The number of likely N-dealkylation sites (tertiary alicyclic amines) is 1. The summed E-state index contributed by atoms with van der Waals surface area (Å²) in [5, 5.41) is 8.30. The smallest absolute Gasteiger partial charge is 0.107 e. The molecule has 1 saturated heterocycles. The maximum absolute atomic E-state index is 4.72. The Labute approximate surface area is 135 Å². The van der Waals surface area contributed by atoms with Gasteiger partial charge in [-0.1, -0.05) is 35.5 Å². The molecule has 118 valence electrons. The van der Waals surface area contributed by atoms with E-state index in [0.29, 0.717) is 6.04 Å². The van der Waals surface area contributed by atoms with Crippen molar-refractivity contribution in [3.63, 3.8) is 0 Å². The molecule has 0 amide bonds. The number of aromatic nitrogens is 5. The fraction of sp³-hybridized carbons (Fsp3) is 0.353. The van der Waals surface area contributed by atoms with E-state index < -0.39 is 0 Å². The number of likely N-dealkylation sites (N-methyl/N-ethyl adjacent to an activating group) is 1. The average Bonchev–Trinajstić information content (AvgIpc) is 3.18. The van der Waals surface area contributed by atoms with E-state index >= 15 is 0 Å². The first kappa shape index (κ1) is 14.1. The SMILES string of the molecule is CCn1nncc1-c1c(-c2ccccc2)ncn1C1CN(C)C1. The number of hydrogen-bond donors (Lipinski definition) is 0. The predicted octanol–water partition coefficient (Wildman–Crippen LogP) is 2.32. The molecule has 0 atom stereocenters. The average molecular weight is 308 g/mol. The fourth-order valence-electron chi connectivity index (χ4n) is 3.22. The van der Waals surface area contributed by atoms with E-state index in [0.717, 1.165) is 42.3 Å². The molecule has 0 bridgehead atoms. The molecule has 6 nitrogen and oxygen atoms in total. The number of rotatable bonds is 4. The highest BCUT2D eigenvalue weighted by Gasteiger charge is 2.29. The van der Waals surface area contributed by atoms with Crippen molar-refractivity contribution in [3.05, 3.63) is 42.9 Å². The molecule has 1 aliphatic heterocycles. The van der Waals surface area contributed by atoms with E-state index in [1.54, 1.807) is 0 Å². The van der Waals surface area contributed by atoms with Crippen LogP contribution in [0.5, 0.6) is 0 Å². The van der Waals surface area contributed by atoms with Crippen LogP contribution in [0.15, 0.2) is 42.9 Å². The van der Waals surface area contributed by atoms with Crippen molar-refractivity contribution in [3.8, 4) is 22.6 Å². The Hall–Kier alpha value is -2.47. The van der Waals surface area contributed by atoms with Gasteiger partial charge in [-0.25, -0.2) is 9.67 Å². The maximum atomic E-state index is 4.72. The minimum atomic E-state index is 0.458. The zero-order valence-electron chi connectivity index (χ0n) is 13.4. The summed E-state index contributed by atoms with van der Waals surface area (Å²) >= 11 is 0. The van der Waals surface area contributed by atoms with Crippen LogP contribution < -0.4 is 0 Å². The van der Waals surface area contributed by atoms with E-state index in [4.69, 9.17) is 4.98 Å². The van der Waals surface area contributed by atoms with Gasteiger partial charge < -0.3 is 9.47 Å². The molecule has 1 aromatic carbocycles. The lowest BCUT2D eigenvalue weighted by molar-refractivity contribution is 0.141. The first-order valence-corrected chi connectivity index (χ1v) is 7.97. The lowest BCUT2D eigenvalue weighted by Crippen LogP contribution is -2.44. The topological polar surface area (TPSA) is 51.8 Å². The van der Waals surface area contributed by atoms with Crippen molar-refractivity contribution in [1.82, 2.24) is 29.4 Å². The summed E-state index contributed by atoms with van der Waals surface area (Å²) < 4.78 is 4.22. The molecule has 4 rings (SSSR count). The number of nitrogens with zero attached hydrogens (tertiary/aromatic N) is 6. The summed E-state index contributed by atoms with van der Waals surface area (Å²) in [4.78, 5) is 7.03. The zero-order valence-corrected chi connectivity index (χ0v) is 13.4. The van der Waals surface area contributed by atoms with Gasteiger partial charge in [0.25, 0.3) is 0 Å². The first-order chi connectivity index (χ1) is 11.3. The van der Waals surface area contributed by atoms with Gasteiger partial charge in [-0.15, -0.1) is 5.10 Å². The largest absolute Gasteiger partial charge is 0.323 e. The Bertz CT molecular complexity index is 798. The van der Waals surface area contributed by atoms with Gasteiger partial charge in [0.05, 0.1) is 30.0 Å². The van der Waals surface area contributed by atoms with Gasteiger partial charge in [0.1, 0.15) is 5.69 Å². The third-order valence-electron chi connectivity index (χ3n) is 4.44. The van der Waals surface area contributed by atoms with Crippen LogP contribution in [-0.2, 0) is 6.54 Å². The van der Waals surface area contributed by atoms with E-state index in [1.165, 1.54) is 0 Å². The molecule has 0 N–H and O–H groups in total. The standard InChI is InChI=1S/C17H20N6/c1-3-23-15(9-19-20-23)17-16(13-7-5-4-6-8-13)18-12-22(17)14-10-21(2)11-14/h4-9,12,14H,3,10-11H2,1-2H3. The molecule has 0 spiro atoms. The van der Waals surface area contributed by atoms with E-state index in [9.17, 15) is 0 Å². The van der Waals surface area contributed by atoms with E-state index in [-0.39, 0.29) is 0 Å². The van der Waals surface area contributed by atoms with Crippen molar-refractivity contribution in [1.29, 1.82) is 0 Å². The zero-order chi connectivity index (χ0) is 15.8. The van der Waals surface area contributed by atoms with Crippen LogP contribution >= 0.6 is 0 Å². The van der Waals surface area contributed by atoms with Gasteiger partial charge in [0.15, 0.2) is 0 Å². The van der Waals surface area contributed by atoms with Crippen LogP contribution in [0.2, 0.25) is 0 Å². The van der Waals surface area contributed by atoms with Gasteiger partial charge in [-0.3, -0.25) is 0 Å². The summed E-state index contributed by atoms with van der Waals surface area (Å²) in [6, 6.07) is 10.8. The van der Waals surface area contributed by atoms with E-state index in [2.05, 4.69) is 45.9 Å². The second-order valence-corrected chi connectivity index (χ2v) is 6.03. The Morgan fingerprint density at radius 3 is 2.65 bits per heavy atom. The molecule has 1 fully saturated rings. The highest BCUT2D eigenvalue weighted by atomic mass is 15.4. The summed E-state index contributed by atoms with van der Waals surface area (Å²) in [7, 11) is 2.14. The van der Waals surface area contributed by atoms with Crippen LogP contribution in [0.25, 0.3) is 22.6 Å². The van der Waals surface area contributed by atoms with Crippen LogP contribution in [-0.4, -0.2) is 49.6 Å². The van der Waals surface area contributed by atoms with Gasteiger partial charge in [0.2, 0.25) is 0 Å². The Morgan fingerprint density at radius 2 is 1.96 bits per heavy atom. The van der Waals surface area contributed by atoms with Crippen molar-refractivity contribution in [2.24, 2.45) is 0 Å². The molecule has 2 aromatic heterocycles. The van der Waals surface area contributed by atoms with Gasteiger partial charge >= 0.3 is 0 Å². The molecule has 3 heterocycles. The van der Waals surface area contributed by atoms with Gasteiger partial charge in [-0.2, -0.15) is 0 Å². The second kappa shape index (κ2) is 5.62. The van der Waals surface area contributed by atoms with Gasteiger partial charge in [-0.05, 0) is 14.0 Å². The highest BCUT2D eigenvalue weighted by molar-refractivity contribution is 5.76. The van der Waals surface area contributed by atoms with Gasteiger partial charge in [0, 0.05) is 25.2 Å². The molecular weight excluding hydrogens is 288 g/mol. The Balaban J connectivity index is 1.87. The quantitative estimate of drug-likeness (QED) is 0.742. The third-order valence-corrected chi connectivity index (χ3v) is 4.44. The Kier molecular flexibility index (Phi) is 3.46. The minimum absolute atomic E-state index is 0.458. The van der Waals surface area contributed by atoms with Crippen molar-refractivity contribution in [2.75, 3.05) is 20.1 Å². The number of aryl methyl sites for hydroxylation is 1. The second-order valence-electron chi connectivity index (χ2n) is 6.03. The summed E-state index contributed by atoms with van der Waals surface area (Å²) in [6.45, 7) is 4.97. The molecule has 0 radical (unpaired) electrons. The molecule has 0 aliphatic carbocycles. The molecule has 1 aliphatic rings. The third kappa shape index (κ3) is 2.35. The number of imidazole rings is 1. The van der Waals surface area contributed by atoms with Crippen LogP contribution in [0.3, 0.4) is 0 Å². The van der Waals surface area contributed by atoms with Crippen LogP contribution in [0.4, 0.5) is 0 Å².